The van der Waals surface area contributed by atoms with Gasteiger partial charge in [0.05, 0.1) is 5.56 Å². The Hall–Kier alpha value is -3.79. The van der Waals surface area contributed by atoms with Gasteiger partial charge in [-0.3, -0.25) is 4.79 Å². The maximum absolute atomic E-state index is 12.7. The van der Waals surface area contributed by atoms with Gasteiger partial charge in [-0.25, -0.2) is 4.98 Å². The molecule has 2 atom stereocenters. The van der Waals surface area contributed by atoms with Crippen molar-refractivity contribution in [3.8, 4) is 11.6 Å². The molecule has 3 aromatic rings. The minimum absolute atomic E-state index is 0.0687. The van der Waals surface area contributed by atoms with Crippen molar-refractivity contribution in [3.05, 3.63) is 83.3 Å². The molecule has 10 heteroatoms. The average Bonchev–Trinajstić information content (AvgIpc) is 2.81. The van der Waals surface area contributed by atoms with Gasteiger partial charge in [0.2, 0.25) is 5.88 Å². The number of benzene rings is 1. The topological polar surface area (TPSA) is 103 Å². The molecule has 7 nitrogen and oxygen atoms in total. The number of rotatable bonds is 5. The SMILES string of the molecule is NC1C/C(=C/c2cccc(Oc3ccc(C(F)(F)F)cn3)c2)CCC1NC(=O)c1cccnn1. The van der Waals surface area contributed by atoms with Crippen LogP contribution < -0.4 is 15.8 Å². The van der Waals surface area contributed by atoms with Crippen molar-refractivity contribution in [2.24, 2.45) is 5.73 Å². The predicted octanol–water partition coefficient (Wildman–Crippen LogP) is 4.38. The molecular weight excluding hydrogens is 447 g/mol. The van der Waals surface area contributed by atoms with Gasteiger partial charge in [-0.15, -0.1) is 5.10 Å². The van der Waals surface area contributed by atoms with E-state index in [9.17, 15) is 18.0 Å². The maximum Gasteiger partial charge on any atom is 0.417 e. The van der Waals surface area contributed by atoms with Crippen LogP contribution in [-0.4, -0.2) is 33.2 Å². The molecule has 1 fully saturated rings. The van der Waals surface area contributed by atoms with Crippen molar-refractivity contribution < 1.29 is 22.7 Å². The molecular formula is C24H22F3N5O2. The fraction of sp³-hybridized carbons (Fsp3) is 0.250. The molecule has 2 heterocycles. The Balaban J connectivity index is 1.37. The number of hydrogen-bond acceptors (Lipinski definition) is 6. The van der Waals surface area contributed by atoms with Crippen LogP contribution in [-0.2, 0) is 6.18 Å². The zero-order valence-electron chi connectivity index (χ0n) is 18.0. The minimum Gasteiger partial charge on any atom is -0.439 e. The summed E-state index contributed by atoms with van der Waals surface area (Å²) < 4.78 is 43.7. The monoisotopic (exact) mass is 469 g/mol. The van der Waals surface area contributed by atoms with Crippen molar-refractivity contribution in [1.29, 1.82) is 0 Å². The predicted molar refractivity (Wildman–Crippen MR) is 119 cm³/mol. The molecule has 1 aliphatic carbocycles. The average molecular weight is 469 g/mol. The molecule has 2 unspecified atom stereocenters. The molecule has 1 saturated carbocycles. The van der Waals surface area contributed by atoms with Crippen molar-refractivity contribution in [2.75, 3.05) is 0 Å². The summed E-state index contributed by atoms with van der Waals surface area (Å²) in [6.07, 6.45) is 1.85. The molecule has 0 radical (unpaired) electrons. The molecule has 176 valence electrons. The first-order valence-corrected chi connectivity index (χ1v) is 10.6. The summed E-state index contributed by atoms with van der Waals surface area (Å²) in [6, 6.07) is 12.1. The Bertz CT molecular complexity index is 1170. The molecule has 34 heavy (non-hydrogen) atoms. The van der Waals surface area contributed by atoms with E-state index < -0.39 is 11.7 Å². The van der Waals surface area contributed by atoms with Gasteiger partial charge >= 0.3 is 6.18 Å². The lowest BCUT2D eigenvalue weighted by molar-refractivity contribution is -0.137. The summed E-state index contributed by atoms with van der Waals surface area (Å²) >= 11 is 0. The second-order valence-electron chi connectivity index (χ2n) is 7.96. The number of carbonyl (C=O) groups excluding carboxylic acids is 1. The van der Waals surface area contributed by atoms with Crippen LogP contribution in [0.3, 0.4) is 0 Å². The third kappa shape index (κ3) is 5.96. The zero-order chi connectivity index (χ0) is 24.1. The highest BCUT2D eigenvalue weighted by molar-refractivity contribution is 5.92. The van der Waals surface area contributed by atoms with E-state index in [2.05, 4.69) is 20.5 Å². The quantitative estimate of drug-likeness (QED) is 0.575. The highest BCUT2D eigenvalue weighted by atomic mass is 19.4. The summed E-state index contributed by atoms with van der Waals surface area (Å²) in [7, 11) is 0. The van der Waals surface area contributed by atoms with E-state index in [1.165, 1.54) is 12.3 Å². The number of carbonyl (C=O) groups is 1. The van der Waals surface area contributed by atoms with Crippen LogP contribution >= 0.6 is 0 Å². The molecule has 1 amide bonds. The maximum atomic E-state index is 12.7. The van der Waals surface area contributed by atoms with Crippen LogP contribution in [0.15, 0.2) is 66.5 Å². The molecule has 4 rings (SSSR count). The highest BCUT2D eigenvalue weighted by Gasteiger charge is 2.30. The number of aromatic nitrogens is 3. The second-order valence-corrected chi connectivity index (χ2v) is 7.96. The first-order valence-electron chi connectivity index (χ1n) is 10.6. The van der Waals surface area contributed by atoms with E-state index in [1.807, 2.05) is 12.1 Å². The number of hydrogen-bond donors (Lipinski definition) is 2. The lowest BCUT2D eigenvalue weighted by atomic mass is 9.86. The van der Waals surface area contributed by atoms with Gasteiger partial charge in [-0.1, -0.05) is 23.8 Å². The van der Waals surface area contributed by atoms with Gasteiger partial charge in [0.15, 0.2) is 5.69 Å². The van der Waals surface area contributed by atoms with Crippen molar-refractivity contribution in [3.63, 3.8) is 0 Å². The summed E-state index contributed by atoms with van der Waals surface area (Å²) in [5.74, 6) is 0.220. The summed E-state index contributed by atoms with van der Waals surface area (Å²) in [5.41, 5.74) is 7.73. The standard InChI is InChI=1S/C24H22F3N5O2/c25-24(26,27)17-7-9-22(29-14-17)34-18-4-1-3-15(12-18)11-16-6-8-20(19(28)13-16)31-23(33)21-5-2-10-30-32-21/h1-5,7,9-12,14,19-20H,6,8,13,28H2,(H,31,33)/b16-11+. The molecule has 0 bridgehead atoms. The summed E-state index contributed by atoms with van der Waals surface area (Å²) in [5, 5.41) is 10.5. The molecule has 1 aliphatic rings. The first-order chi connectivity index (χ1) is 16.3. The number of ether oxygens (including phenoxy) is 1. The van der Waals surface area contributed by atoms with E-state index >= 15 is 0 Å². The van der Waals surface area contributed by atoms with Gasteiger partial charge in [0.1, 0.15) is 5.75 Å². The first kappa shape index (κ1) is 23.4. The number of halogens is 3. The minimum atomic E-state index is -4.45. The Morgan fingerprint density at radius 2 is 2.03 bits per heavy atom. The molecule has 0 aliphatic heterocycles. The summed E-state index contributed by atoms with van der Waals surface area (Å²) in [4.78, 5) is 16.1. The second kappa shape index (κ2) is 10.0. The molecule has 2 aromatic heterocycles. The van der Waals surface area contributed by atoms with Gasteiger partial charge in [0.25, 0.3) is 5.91 Å². The number of alkyl halides is 3. The number of nitrogens with one attached hydrogen (secondary N) is 1. The van der Waals surface area contributed by atoms with Crippen molar-refractivity contribution in [1.82, 2.24) is 20.5 Å². The number of nitrogens with zero attached hydrogens (tertiary/aromatic N) is 3. The normalized spacial score (nSPS) is 19.6. The fourth-order valence-corrected chi connectivity index (χ4v) is 3.71. The van der Waals surface area contributed by atoms with E-state index in [1.54, 1.807) is 30.3 Å². The van der Waals surface area contributed by atoms with Crippen molar-refractivity contribution in [2.45, 2.75) is 37.5 Å². The van der Waals surface area contributed by atoms with E-state index in [4.69, 9.17) is 10.5 Å². The molecule has 3 N–H and O–H groups in total. The largest absolute Gasteiger partial charge is 0.439 e. The third-order valence-electron chi connectivity index (χ3n) is 5.43. The molecule has 0 saturated heterocycles. The van der Waals surface area contributed by atoms with Crippen molar-refractivity contribution >= 4 is 12.0 Å². The van der Waals surface area contributed by atoms with Crippen LogP contribution in [0, 0.1) is 0 Å². The lowest BCUT2D eigenvalue weighted by Crippen LogP contribution is -2.49. The zero-order valence-corrected chi connectivity index (χ0v) is 18.0. The van der Waals surface area contributed by atoms with Gasteiger partial charge < -0.3 is 15.8 Å². The number of nitrogens with two attached hydrogens (primary N) is 1. The van der Waals surface area contributed by atoms with E-state index in [-0.39, 0.29) is 29.6 Å². The van der Waals surface area contributed by atoms with Gasteiger partial charge in [-0.05, 0) is 55.2 Å². The third-order valence-corrected chi connectivity index (χ3v) is 5.43. The van der Waals surface area contributed by atoms with Gasteiger partial charge in [-0.2, -0.15) is 18.3 Å². The molecule has 0 spiro atoms. The lowest BCUT2D eigenvalue weighted by Gasteiger charge is -2.31. The smallest absolute Gasteiger partial charge is 0.417 e. The van der Waals surface area contributed by atoms with Crippen LogP contribution in [0.5, 0.6) is 11.6 Å². The van der Waals surface area contributed by atoms with E-state index in [0.717, 1.165) is 29.8 Å². The molecule has 1 aromatic carbocycles. The summed E-state index contributed by atoms with van der Waals surface area (Å²) in [6.45, 7) is 0. The Morgan fingerprint density at radius 3 is 2.71 bits per heavy atom. The highest BCUT2D eigenvalue weighted by Crippen LogP contribution is 2.31. The Morgan fingerprint density at radius 1 is 1.18 bits per heavy atom. The number of amides is 1. The van der Waals surface area contributed by atoms with Crippen LogP contribution in [0.4, 0.5) is 13.2 Å². The van der Waals surface area contributed by atoms with Gasteiger partial charge in [0, 0.05) is 30.5 Å². The number of pyridine rings is 1. The Kier molecular flexibility index (Phi) is 6.87. The van der Waals surface area contributed by atoms with Crippen LogP contribution in [0.2, 0.25) is 0 Å². The Labute approximate surface area is 193 Å². The van der Waals surface area contributed by atoms with Crippen LogP contribution in [0.1, 0.15) is 40.9 Å². The van der Waals surface area contributed by atoms with Crippen LogP contribution in [0.25, 0.3) is 6.08 Å². The fourth-order valence-electron chi connectivity index (χ4n) is 3.71. The van der Waals surface area contributed by atoms with E-state index in [0.29, 0.717) is 18.6 Å².